The van der Waals surface area contributed by atoms with Gasteiger partial charge in [-0.25, -0.2) is 4.68 Å². The van der Waals surface area contributed by atoms with Gasteiger partial charge in [0.15, 0.2) is 0 Å². The third-order valence-corrected chi connectivity index (χ3v) is 4.87. The Hall–Kier alpha value is -1.89. The summed E-state index contributed by atoms with van der Waals surface area (Å²) in [6.45, 7) is 4.33. The Morgan fingerprint density at radius 3 is 2.75 bits per heavy atom. The molecule has 1 heterocycles. The van der Waals surface area contributed by atoms with Crippen molar-refractivity contribution >= 4 is 17.7 Å². The predicted octanol–water partition coefficient (Wildman–Crippen LogP) is 3.00. The van der Waals surface area contributed by atoms with Crippen molar-refractivity contribution in [3.63, 3.8) is 0 Å². The second-order valence-electron chi connectivity index (χ2n) is 6.59. The first kappa shape index (κ1) is 17.0. The van der Waals surface area contributed by atoms with Gasteiger partial charge in [0.1, 0.15) is 0 Å². The van der Waals surface area contributed by atoms with Gasteiger partial charge in [0.2, 0.25) is 11.1 Å². The van der Waals surface area contributed by atoms with Crippen LogP contribution >= 0.6 is 11.8 Å². The fraction of sp³-hybridized carbons (Fsp3) is 0.529. The molecule has 1 aliphatic rings. The molecule has 0 aliphatic heterocycles. The second kappa shape index (κ2) is 7.79. The largest absolute Gasteiger partial charge is 0.349 e. The predicted molar refractivity (Wildman–Crippen MR) is 93.6 cm³/mol. The fourth-order valence-electron chi connectivity index (χ4n) is 2.63. The minimum Gasteiger partial charge on any atom is -0.349 e. The molecule has 0 bridgehead atoms. The number of aromatic nitrogens is 4. The average Bonchev–Trinajstić information content (AvgIpc) is 3.31. The van der Waals surface area contributed by atoms with E-state index in [1.807, 2.05) is 22.9 Å². The van der Waals surface area contributed by atoms with E-state index in [-0.39, 0.29) is 11.9 Å². The highest BCUT2D eigenvalue weighted by Crippen LogP contribution is 2.36. The summed E-state index contributed by atoms with van der Waals surface area (Å²) in [5.74, 6) is 0.847. The van der Waals surface area contributed by atoms with E-state index < -0.39 is 0 Å². The van der Waals surface area contributed by atoms with Gasteiger partial charge in [0.05, 0.1) is 17.8 Å². The SMILES string of the molecule is CC(C)C[C@H](NC(=O)CSc1nnnn1C1CC1)c1ccccc1. The zero-order chi connectivity index (χ0) is 16.9. The first-order valence-electron chi connectivity index (χ1n) is 8.38. The van der Waals surface area contributed by atoms with E-state index in [4.69, 9.17) is 0 Å². The van der Waals surface area contributed by atoms with E-state index in [1.165, 1.54) is 11.8 Å². The van der Waals surface area contributed by atoms with Crippen molar-refractivity contribution in [2.45, 2.75) is 50.4 Å². The van der Waals surface area contributed by atoms with Crippen molar-refractivity contribution < 1.29 is 4.79 Å². The molecule has 1 atom stereocenters. The molecule has 0 spiro atoms. The molecule has 1 aromatic carbocycles. The molecule has 1 aliphatic carbocycles. The normalized spacial score (nSPS) is 15.5. The molecule has 2 aromatic rings. The third-order valence-electron chi connectivity index (χ3n) is 3.93. The van der Waals surface area contributed by atoms with Gasteiger partial charge in [0, 0.05) is 0 Å². The average molecular weight is 345 g/mol. The van der Waals surface area contributed by atoms with Crippen LogP contribution in [0.3, 0.4) is 0 Å². The van der Waals surface area contributed by atoms with Gasteiger partial charge in [-0.2, -0.15) is 0 Å². The minimum absolute atomic E-state index is 0.0137. The number of benzene rings is 1. The van der Waals surface area contributed by atoms with Crippen LogP contribution in [0.15, 0.2) is 35.5 Å². The molecule has 6 nitrogen and oxygen atoms in total. The van der Waals surface area contributed by atoms with Gasteiger partial charge >= 0.3 is 0 Å². The molecule has 24 heavy (non-hydrogen) atoms. The van der Waals surface area contributed by atoms with Crippen LogP contribution in [-0.4, -0.2) is 31.9 Å². The summed E-state index contributed by atoms with van der Waals surface area (Å²) < 4.78 is 1.83. The third kappa shape index (κ3) is 4.56. The highest BCUT2D eigenvalue weighted by molar-refractivity contribution is 7.99. The van der Waals surface area contributed by atoms with Crippen molar-refractivity contribution in [1.29, 1.82) is 0 Å². The smallest absolute Gasteiger partial charge is 0.230 e. The number of nitrogens with one attached hydrogen (secondary N) is 1. The molecule has 0 saturated heterocycles. The van der Waals surface area contributed by atoms with Crippen LogP contribution < -0.4 is 5.32 Å². The lowest BCUT2D eigenvalue weighted by molar-refractivity contribution is -0.119. The fourth-order valence-corrected chi connectivity index (χ4v) is 3.39. The molecule has 1 saturated carbocycles. The number of rotatable bonds is 8. The zero-order valence-electron chi connectivity index (χ0n) is 14.1. The topological polar surface area (TPSA) is 72.7 Å². The van der Waals surface area contributed by atoms with Crippen LogP contribution in [0.1, 0.15) is 50.8 Å². The number of amides is 1. The number of thioether (sulfide) groups is 1. The van der Waals surface area contributed by atoms with Crippen molar-refractivity contribution in [1.82, 2.24) is 25.5 Å². The van der Waals surface area contributed by atoms with Crippen LogP contribution in [0.4, 0.5) is 0 Å². The lowest BCUT2D eigenvalue weighted by Gasteiger charge is -2.21. The van der Waals surface area contributed by atoms with Crippen LogP contribution in [0, 0.1) is 5.92 Å². The van der Waals surface area contributed by atoms with E-state index >= 15 is 0 Å². The van der Waals surface area contributed by atoms with Crippen LogP contribution in [0.5, 0.6) is 0 Å². The number of tetrazole rings is 1. The number of nitrogens with zero attached hydrogens (tertiary/aromatic N) is 4. The molecule has 1 N–H and O–H groups in total. The first-order valence-corrected chi connectivity index (χ1v) is 9.37. The van der Waals surface area contributed by atoms with Gasteiger partial charge in [0.25, 0.3) is 0 Å². The van der Waals surface area contributed by atoms with E-state index in [0.29, 0.717) is 17.7 Å². The summed E-state index contributed by atoms with van der Waals surface area (Å²) in [6, 6.07) is 10.6. The second-order valence-corrected chi connectivity index (χ2v) is 7.53. The van der Waals surface area contributed by atoms with Gasteiger partial charge in [-0.05, 0) is 41.2 Å². The standard InChI is InChI=1S/C17H23N5OS/c1-12(2)10-15(13-6-4-3-5-7-13)18-16(23)11-24-17-19-20-21-22(17)14-8-9-14/h3-7,12,14-15H,8-11H2,1-2H3,(H,18,23)/t15-/m0/s1. The molecular weight excluding hydrogens is 322 g/mol. The number of hydrogen-bond acceptors (Lipinski definition) is 5. The van der Waals surface area contributed by atoms with E-state index in [9.17, 15) is 4.79 Å². The van der Waals surface area contributed by atoms with E-state index in [1.54, 1.807) is 0 Å². The van der Waals surface area contributed by atoms with Gasteiger partial charge in [-0.1, -0.05) is 55.9 Å². The highest BCUT2D eigenvalue weighted by Gasteiger charge is 2.28. The van der Waals surface area contributed by atoms with Crippen molar-refractivity contribution in [2.75, 3.05) is 5.75 Å². The van der Waals surface area contributed by atoms with Crippen molar-refractivity contribution in [3.05, 3.63) is 35.9 Å². The first-order chi connectivity index (χ1) is 11.6. The highest BCUT2D eigenvalue weighted by atomic mass is 32.2. The Kier molecular flexibility index (Phi) is 5.50. The molecule has 1 aromatic heterocycles. The van der Waals surface area contributed by atoms with Crippen LogP contribution in [0.25, 0.3) is 0 Å². The molecule has 0 radical (unpaired) electrons. The maximum Gasteiger partial charge on any atom is 0.230 e. The van der Waals surface area contributed by atoms with Crippen molar-refractivity contribution in [2.24, 2.45) is 5.92 Å². The summed E-state index contributed by atoms with van der Waals surface area (Å²) in [4.78, 5) is 12.4. The number of carbonyl (C=O) groups is 1. The van der Waals surface area contributed by atoms with Gasteiger partial charge in [-0.15, -0.1) is 5.10 Å². The molecule has 1 fully saturated rings. The molecule has 128 valence electrons. The maximum atomic E-state index is 12.4. The molecule has 0 unspecified atom stereocenters. The minimum atomic E-state index is 0.0137. The quantitative estimate of drug-likeness (QED) is 0.745. The Morgan fingerprint density at radius 1 is 1.33 bits per heavy atom. The molecule has 3 rings (SSSR count). The van der Waals surface area contributed by atoms with Gasteiger partial charge < -0.3 is 5.32 Å². The van der Waals surface area contributed by atoms with Crippen LogP contribution in [0.2, 0.25) is 0 Å². The van der Waals surface area contributed by atoms with Gasteiger partial charge in [-0.3, -0.25) is 4.79 Å². The van der Waals surface area contributed by atoms with Crippen molar-refractivity contribution in [3.8, 4) is 0 Å². The van der Waals surface area contributed by atoms with Crippen LogP contribution in [-0.2, 0) is 4.79 Å². The molecule has 1 amide bonds. The monoisotopic (exact) mass is 345 g/mol. The molecule has 7 heteroatoms. The zero-order valence-corrected chi connectivity index (χ0v) is 14.9. The maximum absolute atomic E-state index is 12.4. The summed E-state index contributed by atoms with van der Waals surface area (Å²) in [6.07, 6.45) is 3.16. The Balaban J connectivity index is 1.58. The summed E-state index contributed by atoms with van der Waals surface area (Å²) in [5.41, 5.74) is 1.15. The lowest BCUT2D eigenvalue weighted by atomic mass is 9.97. The Bertz CT molecular complexity index is 669. The lowest BCUT2D eigenvalue weighted by Crippen LogP contribution is -2.31. The summed E-state index contributed by atoms with van der Waals surface area (Å²) in [5, 5.41) is 15.6. The van der Waals surface area contributed by atoms with E-state index in [0.717, 1.165) is 30.0 Å². The number of hydrogen-bond donors (Lipinski definition) is 1. The van der Waals surface area contributed by atoms with E-state index in [2.05, 4.69) is 46.8 Å². The summed E-state index contributed by atoms with van der Waals surface area (Å²) in [7, 11) is 0. The molecular formula is C17H23N5OS. The Morgan fingerprint density at radius 2 is 2.08 bits per heavy atom. The summed E-state index contributed by atoms with van der Waals surface area (Å²) >= 11 is 1.40. The Labute approximate surface area is 146 Å². The number of carbonyl (C=O) groups excluding carboxylic acids is 1.